The Morgan fingerprint density at radius 2 is 2.00 bits per heavy atom. The summed E-state index contributed by atoms with van der Waals surface area (Å²) >= 11 is 2.44. The van der Waals surface area contributed by atoms with Gasteiger partial charge in [0.2, 0.25) is 16.9 Å². The van der Waals surface area contributed by atoms with Gasteiger partial charge in [-0.15, -0.1) is 20.4 Å². The molecule has 0 unspecified atom stereocenters. The van der Waals surface area contributed by atoms with E-state index in [0.29, 0.717) is 33.3 Å². The van der Waals surface area contributed by atoms with Gasteiger partial charge in [-0.25, -0.2) is 0 Å². The van der Waals surface area contributed by atoms with E-state index in [4.69, 9.17) is 13.9 Å². The smallest absolute Gasteiger partial charge is 0.277 e. The highest BCUT2D eigenvalue weighted by Crippen LogP contribution is 2.32. The fourth-order valence-electron chi connectivity index (χ4n) is 1.98. The number of hydrogen-bond acceptors (Lipinski definition) is 10. The number of rotatable bonds is 7. The number of anilines is 1. The highest BCUT2D eigenvalue weighted by molar-refractivity contribution is 7.99. The molecule has 0 spiro atoms. The van der Waals surface area contributed by atoms with Crippen LogP contribution < -0.4 is 14.8 Å². The summed E-state index contributed by atoms with van der Waals surface area (Å²) in [6.45, 7) is 1.82. The van der Waals surface area contributed by atoms with E-state index in [2.05, 4.69) is 25.7 Å². The zero-order valence-electron chi connectivity index (χ0n) is 14.2. The molecular formula is C15H15N5O4S2. The van der Waals surface area contributed by atoms with Crippen LogP contribution in [-0.4, -0.2) is 46.3 Å². The number of nitrogens with one attached hydrogen (secondary N) is 1. The summed E-state index contributed by atoms with van der Waals surface area (Å²) in [7, 11) is 3.11. The maximum absolute atomic E-state index is 11.9. The van der Waals surface area contributed by atoms with Crippen molar-refractivity contribution in [2.45, 2.75) is 12.1 Å². The van der Waals surface area contributed by atoms with Crippen LogP contribution in [0.15, 0.2) is 27.8 Å². The third-order valence-corrected chi connectivity index (χ3v) is 4.71. The van der Waals surface area contributed by atoms with Crippen molar-refractivity contribution in [2.24, 2.45) is 0 Å². The molecule has 1 amide bonds. The average molecular weight is 393 g/mol. The van der Waals surface area contributed by atoms with Gasteiger partial charge in [0.25, 0.3) is 5.22 Å². The summed E-state index contributed by atoms with van der Waals surface area (Å²) in [6, 6.07) is 5.28. The number of nitrogens with zero attached hydrogens (tertiary/aromatic N) is 4. The number of aromatic nitrogens is 4. The van der Waals surface area contributed by atoms with Gasteiger partial charge in [-0.2, -0.15) is 0 Å². The van der Waals surface area contributed by atoms with E-state index in [1.54, 1.807) is 32.4 Å². The molecule has 3 rings (SSSR count). The van der Waals surface area contributed by atoms with E-state index in [-0.39, 0.29) is 11.7 Å². The quantitative estimate of drug-likeness (QED) is 0.605. The van der Waals surface area contributed by atoms with E-state index < -0.39 is 0 Å². The summed E-state index contributed by atoms with van der Waals surface area (Å²) in [5, 5.41) is 19.8. The topological polar surface area (TPSA) is 112 Å². The van der Waals surface area contributed by atoms with Crippen molar-refractivity contribution in [3.05, 3.63) is 23.2 Å². The molecule has 0 atom stereocenters. The second kappa shape index (κ2) is 8.15. The van der Waals surface area contributed by atoms with Crippen LogP contribution in [0, 0.1) is 6.92 Å². The van der Waals surface area contributed by atoms with E-state index in [9.17, 15) is 4.79 Å². The maximum atomic E-state index is 11.9. The van der Waals surface area contributed by atoms with E-state index in [0.717, 1.165) is 16.8 Å². The lowest BCUT2D eigenvalue weighted by atomic mass is 10.2. The van der Waals surface area contributed by atoms with Crippen molar-refractivity contribution in [2.75, 3.05) is 25.3 Å². The lowest BCUT2D eigenvalue weighted by molar-refractivity contribution is -0.113. The predicted octanol–water partition coefficient (Wildman–Crippen LogP) is 2.64. The third-order valence-electron chi connectivity index (χ3n) is 3.14. The molecule has 136 valence electrons. The van der Waals surface area contributed by atoms with Gasteiger partial charge in [0.1, 0.15) is 5.01 Å². The Bertz CT molecular complexity index is 911. The number of carbonyl (C=O) groups excluding carboxylic acids is 1. The first-order valence-corrected chi connectivity index (χ1v) is 9.18. The van der Waals surface area contributed by atoms with Crippen LogP contribution in [-0.2, 0) is 4.79 Å². The van der Waals surface area contributed by atoms with Gasteiger partial charge >= 0.3 is 0 Å². The molecule has 26 heavy (non-hydrogen) atoms. The maximum Gasteiger partial charge on any atom is 0.277 e. The highest BCUT2D eigenvalue weighted by atomic mass is 32.2. The molecule has 0 aliphatic rings. The second-order valence-electron chi connectivity index (χ2n) is 4.91. The number of hydrogen-bond donors (Lipinski definition) is 1. The zero-order chi connectivity index (χ0) is 18.5. The van der Waals surface area contributed by atoms with Crippen molar-refractivity contribution in [1.82, 2.24) is 20.4 Å². The van der Waals surface area contributed by atoms with Crippen molar-refractivity contribution >= 4 is 34.1 Å². The average Bonchev–Trinajstić information content (AvgIpc) is 3.28. The van der Waals surface area contributed by atoms with Crippen LogP contribution in [0.2, 0.25) is 0 Å². The fourth-order valence-corrected chi connectivity index (χ4v) is 3.15. The predicted molar refractivity (Wildman–Crippen MR) is 96.8 cm³/mol. The summed E-state index contributed by atoms with van der Waals surface area (Å²) in [4.78, 5) is 11.9. The summed E-state index contributed by atoms with van der Waals surface area (Å²) in [5.41, 5.74) is 0.691. The van der Waals surface area contributed by atoms with E-state index >= 15 is 0 Å². The van der Waals surface area contributed by atoms with Crippen molar-refractivity contribution in [3.8, 4) is 23.0 Å². The number of ether oxygens (including phenoxy) is 2. The molecule has 0 fully saturated rings. The third kappa shape index (κ3) is 4.29. The molecule has 0 bridgehead atoms. The molecular weight excluding hydrogens is 378 g/mol. The molecule has 1 aromatic carbocycles. The molecule has 3 aromatic rings. The Balaban J connectivity index is 1.62. The molecule has 2 aromatic heterocycles. The molecule has 0 saturated heterocycles. The largest absolute Gasteiger partial charge is 0.493 e. The molecule has 11 heteroatoms. The van der Waals surface area contributed by atoms with Gasteiger partial charge < -0.3 is 13.9 Å². The molecule has 1 N–H and O–H groups in total. The first-order valence-electron chi connectivity index (χ1n) is 7.37. The minimum atomic E-state index is -0.225. The second-order valence-corrected chi connectivity index (χ2v) is 7.01. The fraction of sp³-hybridized carbons (Fsp3) is 0.267. The molecule has 0 aliphatic heterocycles. The van der Waals surface area contributed by atoms with Crippen LogP contribution in [0.3, 0.4) is 0 Å². The first kappa shape index (κ1) is 18.1. The Hall–Kier alpha value is -2.66. The normalized spacial score (nSPS) is 10.6. The van der Waals surface area contributed by atoms with Crippen molar-refractivity contribution < 1.29 is 18.7 Å². The van der Waals surface area contributed by atoms with E-state index in [1.165, 1.54) is 11.3 Å². The van der Waals surface area contributed by atoms with Gasteiger partial charge in [0.15, 0.2) is 11.5 Å². The Morgan fingerprint density at radius 1 is 1.19 bits per heavy atom. The van der Waals surface area contributed by atoms with Crippen LogP contribution in [0.25, 0.3) is 11.5 Å². The monoisotopic (exact) mass is 393 g/mol. The zero-order valence-corrected chi connectivity index (χ0v) is 15.8. The van der Waals surface area contributed by atoms with Gasteiger partial charge in [-0.1, -0.05) is 23.1 Å². The summed E-state index contributed by atoms with van der Waals surface area (Å²) < 4.78 is 16.0. The lowest BCUT2D eigenvalue weighted by Gasteiger charge is -2.07. The van der Waals surface area contributed by atoms with Gasteiger partial charge in [-0.3, -0.25) is 10.1 Å². The Kier molecular flexibility index (Phi) is 5.68. The minimum absolute atomic E-state index is 0.117. The van der Waals surface area contributed by atoms with Crippen LogP contribution in [0.4, 0.5) is 5.13 Å². The summed E-state index contributed by atoms with van der Waals surface area (Å²) in [5.74, 6) is 1.38. The van der Waals surface area contributed by atoms with Gasteiger partial charge in [-0.05, 0) is 25.1 Å². The number of thioether (sulfide) groups is 1. The molecule has 2 heterocycles. The standard InChI is InChI=1S/C15H15N5O4S2/c1-8-17-19-14(26-8)16-12(21)7-25-15-20-18-13(24-15)9-4-5-10(22-2)11(6-9)23-3/h4-6H,7H2,1-3H3,(H,16,19,21). The van der Waals surface area contributed by atoms with Crippen molar-refractivity contribution in [3.63, 3.8) is 0 Å². The number of aryl methyl sites for hydroxylation is 1. The molecule has 0 radical (unpaired) electrons. The number of carbonyl (C=O) groups is 1. The Morgan fingerprint density at radius 3 is 2.69 bits per heavy atom. The molecule has 9 nitrogen and oxygen atoms in total. The minimum Gasteiger partial charge on any atom is -0.493 e. The van der Waals surface area contributed by atoms with Crippen LogP contribution >= 0.6 is 23.1 Å². The lowest BCUT2D eigenvalue weighted by Crippen LogP contribution is -2.13. The molecule has 0 saturated carbocycles. The highest BCUT2D eigenvalue weighted by Gasteiger charge is 2.14. The van der Waals surface area contributed by atoms with Crippen molar-refractivity contribution in [1.29, 1.82) is 0 Å². The van der Waals surface area contributed by atoms with E-state index in [1.807, 2.05) is 6.92 Å². The summed E-state index contributed by atoms with van der Waals surface area (Å²) in [6.07, 6.45) is 0. The SMILES string of the molecule is COc1ccc(-c2nnc(SCC(=O)Nc3nnc(C)s3)o2)cc1OC. The van der Waals surface area contributed by atoms with Crippen LogP contribution in [0.5, 0.6) is 11.5 Å². The first-order chi connectivity index (χ1) is 12.6. The number of methoxy groups -OCH3 is 2. The molecule has 0 aliphatic carbocycles. The van der Waals surface area contributed by atoms with Gasteiger partial charge in [0, 0.05) is 5.56 Å². The van der Waals surface area contributed by atoms with Gasteiger partial charge in [0.05, 0.1) is 20.0 Å². The number of amides is 1. The number of benzene rings is 1. The Labute approximate surface area is 157 Å². The van der Waals surface area contributed by atoms with Crippen LogP contribution in [0.1, 0.15) is 5.01 Å².